The van der Waals surface area contributed by atoms with Crippen LogP contribution in [0.25, 0.3) is 10.1 Å². The number of esters is 2. The number of nitrogens with zero attached hydrogens (tertiary/aromatic N) is 1. The summed E-state index contributed by atoms with van der Waals surface area (Å²) >= 11 is 13.2. The predicted octanol–water partition coefficient (Wildman–Crippen LogP) is 3.00. The topological polar surface area (TPSA) is 72.9 Å². The Morgan fingerprint density at radius 1 is 1.25 bits per heavy atom. The average Bonchev–Trinajstić information content (AvgIpc) is 2.88. The first-order chi connectivity index (χ1) is 11.3. The highest BCUT2D eigenvalue weighted by Crippen LogP contribution is 2.37. The van der Waals surface area contributed by atoms with Crippen molar-refractivity contribution in [3.63, 3.8) is 0 Å². The van der Waals surface area contributed by atoms with Crippen LogP contribution in [0.15, 0.2) is 18.2 Å². The number of carbonyl (C=O) groups excluding carboxylic acids is 3. The van der Waals surface area contributed by atoms with Crippen molar-refractivity contribution in [1.29, 1.82) is 0 Å². The monoisotopic (exact) mass is 389 g/mol. The molecule has 9 heteroatoms. The van der Waals surface area contributed by atoms with Crippen LogP contribution in [0.2, 0.25) is 10.0 Å². The number of hydrogen-bond donors (Lipinski definition) is 0. The molecular weight excluding hydrogens is 377 g/mol. The highest BCUT2D eigenvalue weighted by molar-refractivity contribution is 7.21. The number of halogens is 2. The van der Waals surface area contributed by atoms with E-state index in [4.69, 9.17) is 27.9 Å². The van der Waals surface area contributed by atoms with Gasteiger partial charge in [0, 0.05) is 22.2 Å². The molecule has 24 heavy (non-hydrogen) atoms. The number of amides is 1. The minimum atomic E-state index is -0.711. The van der Waals surface area contributed by atoms with Gasteiger partial charge in [-0.1, -0.05) is 29.3 Å². The third-order valence-electron chi connectivity index (χ3n) is 3.12. The maximum atomic E-state index is 12.1. The van der Waals surface area contributed by atoms with Crippen LogP contribution in [0.1, 0.15) is 9.67 Å². The molecule has 6 nitrogen and oxygen atoms in total. The molecule has 0 saturated carbocycles. The van der Waals surface area contributed by atoms with Crippen molar-refractivity contribution in [2.24, 2.45) is 0 Å². The Balaban J connectivity index is 2.04. The highest BCUT2D eigenvalue weighted by Gasteiger charge is 2.21. The van der Waals surface area contributed by atoms with E-state index in [-0.39, 0.29) is 16.4 Å². The fourth-order valence-corrected chi connectivity index (χ4v) is 3.50. The van der Waals surface area contributed by atoms with Gasteiger partial charge in [-0.05, 0) is 12.1 Å². The summed E-state index contributed by atoms with van der Waals surface area (Å²) in [6.45, 7) is -0.729. The molecule has 1 heterocycles. The molecule has 0 N–H and O–H groups in total. The van der Waals surface area contributed by atoms with Gasteiger partial charge in [-0.2, -0.15) is 0 Å². The maximum Gasteiger partial charge on any atom is 0.350 e. The maximum absolute atomic E-state index is 12.1. The number of rotatable bonds is 5. The average molecular weight is 390 g/mol. The van der Waals surface area contributed by atoms with Gasteiger partial charge in [0.15, 0.2) is 6.61 Å². The van der Waals surface area contributed by atoms with Gasteiger partial charge in [0.05, 0.1) is 12.1 Å². The van der Waals surface area contributed by atoms with Crippen molar-refractivity contribution in [3.05, 3.63) is 33.1 Å². The van der Waals surface area contributed by atoms with Crippen LogP contribution in [0.3, 0.4) is 0 Å². The van der Waals surface area contributed by atoms with Crippen molar-refractivity contribution >= 4 is 62.5 Å². The van der Waals surface area contributed by atoms with E-state index in [1.807, 2.05) is 0 Å². The molecule has 1 aromatic carbocycles. The van der Waals surface area contributed by atoms with Crippen molar-refractivity contribution in [2.75, 3.05) is 27.3 Å². The lowest BCUT2D eigenvalue weighted by Gasteiger charge is -2.15. The molecule has 0 spiro atoms. The summed E-state index contributed by atoms with van der Waals surface area (Å²) in [5.41, 5.74) is 0. The molecule has 2 aromatic rings. The normalized spacial score (nSPS) is 10.5. The Kier molecular flexibility index (Phi) is 6.04. The molecule has 0 aliphatic carbocycles. The van der Waals surface area contributed by atoms with Crippen LogP contribution in [0, 0.1) is 0 Å². The summed E-state index contributed by atoms with van der Waals surface area (Å²) in [4.78, 5) is 36.4. The van der Waals surface area contributed by atoms with Crippen molar-refractivity contribution in [3.8, 4) is 0 Å². The molecule has 0 aliphatic heterocycles. The van der Waals surface area contributed by atoms with Crippen molar-refractivity contribution in [2.45, 2.75) is 0 Å². The number of likely N-dealkylation sites (N-methyl/N-ethyl adjacent to an activating group) is 1. The Labute approximate surface area is 151 Å². The van der Waals surface area contributed by atoms with Gasteiger partial charge in [-0.25, -0.2) is 4.79 Å². The van der Waals surface area contributed by atoms with E-state index in [2.05, 4.69) is 4.74 Å². The zero-order chi connectivity index (χ0) is 17.9. The zero-order valence-corrected chi connectivity index (χ0v) is 15.1. The molecule has 0 bridgehead atoms. The first kappa shape index (κ1) is 18.5. The lowest BCUT2D eigenvalue weighted by atomic mass is 10.2. The minimum Gasteiger partial charge on any atom is -0.468 e. The fourth-order valence-electron chi connectivity index (χ4n) is 1.82. The standard InChI is InChI=1S/C15H13Cl2NO5S/c1-18(6-12(20)22-2)11(19)7-23-15(21)14-13(17)9-4-3-8(16)5-10(9)24-14/h3-5H,6-7H2,1-2H3. The molecule has 0 unspecified atom stereocenters. The minimum absolute atomic E-state index is 0.192. The molecule has 0 saturated heterocycles. The van der Waals surface area contributed by atoms with Crippen LogP contribution in [-0.4, -0.2) is 50.1 Å². The van der Waals surface area contributed by atoms with Gasteiger partial charge in [0.25, 0.3) is 5.91 Å². The largest absolute Gasteiger partial charge is 0.468 e. The third kappa shape index (κ3) is 4.17. The Hall–Kier alpha value is -1.83. The number of carbonyl (C=O) groups is 3. The van der Waals surface area contributed by atoms with E-state index in [0.29, 0.717) is 10.4 Å². The summed E-state index contributed by atoms with van der Waals surface area (Å²) in [6, 6.07) is 5.07. The van der Waals surface area contributed by atoms with Gasteiger partial charge < -0.3 is 14.4 Å². The second kappa shape index (κ2) is 7.83. The highest BCUT2D eigenvalue weighted by atomic mass is 35.5. The van der Waals surface area contributed by atoms with Crippen LogP contribution >= 0.6 is 34.5 Å². The quantitative estimate of drug-likeness (QED) is 0.734. The number of hydrogen-bond acceptors (Lipinski definition) is 6. The van der Waals surface area contributed by atoms with Crippen LogP contribution in [0.4, 0.5) is 0 Å². The molecule has 0 aliphatic rings. The molecule has 0 radical (unpaired) electrons. The second-order valence-electron chi connectivity index (χ2n) is 4.79. The SMILES string of the molecule is COC(=O)CN(C)C(=O)COC(=O)c1sc2cc(Cl)ccc2c1Cl. The van der Waals surface area contributed by atoms with Gasteiger partial charge >= 0.3 is 11.9 Å². The molecule has 128 valence electrons. The molecule has 1 amide bonds. The summed E-state index contributed by atoms with van der Waals surface area (Å²) in [6.07, 6.45) is 0. The lowest BCUT2D eigenvalue weighted by molar-refractivity contribution is -0.147. The smallest absolute Gasteiger partial charge is 0.350 e. The molecule has 0 fully saturated rings. The lowest BCUT2D eigenvalue weighted by Crippen LogP contribution is -2.35. The predicted molar refractivity (Wildman–Crippen MR) is 91.8 cm³/mol. The van der Waals surface area contributed by atoms with Gasteiger partial charge in [-0.3, -0.25) is 9.59 Å². The van der Waals surface area contributed by atoms with Crippen molar-refractivity contribution < 1.29 is 23.9 Å². The van der Waals surface area contributed by atoms with Crippen LogP contribution in [-0.2, 0) is 19.1 Å². The van der Waals surface area contributed by atoms with E-state index in [0.717, 1.165) is 20.9 Å². The zero-order valence-electron chi connectivity index (χ0n) is 12.8. The summed E-state index contributed by atoms with van der Waals surface area (Å²) < 4.78 is 10.2. The number of fused-ring (bicyclic) bond motifs is 1. The summed E-state index contributed by atoms with van der Waals surface area (Å²) in [5.74, 6) is -1.81. The Morgan fingerprint density at radius 2 is 1.96 bits per heavy atom. The van der Waals surface area contributed by atoms with E-state index < -0.39 is 24.5 Å². The Morgan fingerprint density at radius 3 is 2.62 bits per heavy atom. The Bertz CT molecular complexity index is 805. The fraction of sp³-hybridized carbons (Fsp3) is 0.267. The molecule has 0 atom stereocenters. The van der Waals surface area contributed by atoms with Gasteiger partial charge in [0.2, 0.25) is 0 Å². The van der Waals surface area contributed by atoms with Gasteiger partial charge in [-0.15, -0.1) is 11.3 Å². The molecule has 2 rings (SSSR count). The number of benzene rings is 1. The number of thiophene rings is 1. The van der Waals surface area contributed by atoms with E-state index >= 15 is 0 Å². The number of ether oxygens (including phenoxy) is 2. The van der Waals surface area contributed by atoms with E-state index in [9.17, 15) is 14.4 Å². The first-order valence-corrected chi connectivity index (χ1v) is 8.26. The van der Waals surface area contributed by atoms with E-state index in [1.54, 1.807) is 18.2 Å². The van der Waals surface area contributed by atoms with Crippen LogP contribution in [0.5, 0.6) is 0 Å². The number of methoxy groups -OCH3 is 1. The summed E-state index contributed by atoms with van der Waals surface area (Å²) in [5, 5.41) is 1.47. The molecular formula is C15H13Cl2NO5S. The second-order valence-corrected chi connectivity index (χ2v) is 6.65. The molecule has 1 aromatic heterocycles. The third-order valence-corrected chi connectivity index (χ3v) is 5.00. The summed E-state index contributed by atoms with van der Waals surface area (Å²) in [7, 11) is 2.62. The first-order valence-electron chi connectivity index (χ1n) is 6.69. The van der Waals surface area contributed by atoms with Crippen LogP contribution < -0.4 is 0 Å². The van der Waals surface area contributed by atoms with E-state index in [1.165, 1.54) is 14.2 Å². The van der Waals surface area contributed by atoms with Crippen molar-refractivity contribution in [1.82, 2.24) is 4.90 Å². The van der Waals surface area contributed by atoms with Gasteiger partial charge in [0.1, 0.15) is 11.4 Å².